The van der Waals surface area contributed by atoms with Crippen molar-refractivity contribution in [3.63, 3.8) is 0 Å². The minimum Gasteiger partial charge on any atom is -0.395 e. The van der Waals surface area contributed by atoms with Crippen LogP contribution in [0.4, 0.5) is 5.69 Å². The Kier molecular flexibility index (Phi) is 5.99. The average Bonchev–Trinajstić information content (AvgIpc) is 2.94. The summed E-state index contributed by atoms with van der Waals surface area (Å²) >= 11 is 0. The van der Waals surface area contributed by atoms with Crippen LogP contribution >= 0.6 is 0 Å². The van der Waals surface area contributed by atoms with E-state index in [1.807, 2.05) is 30.5 Å². The lowest BCUT2D eigenvalue weighted by molar-refractivity contribution is -0.120. The summed E-state index contributed by atoms with van der Waals surface area (Å²) in [6.07, 6.45) is 2.22. The van der Waals surface area contributed by atoms with Gasteiger partial charge in [0.15, 0.2) is 5.65 Å². The van der Waals surface area contributed by atoms with Crippen LogP contribution in [-0.4, -0.2) is 33.6 Å². The summed E-state index contributed by atoms with van der Waals surface area (Å²) in [7, 11) is 0. The van der Waals surface area contributed by atoms with E-state index in [-0.39, 0.29) is 25.5 Å². The zero-order chi connectivity index (χ0) is 20.3. The molecule has 3 rings (SSSR count). The topological polar surface area (TPSA) is 78.7 Å². The maximum Gasteiger partial charge on any atom is 0.224 e. The van der Waals surface area contributed by atoms with E-state index >= 15 is 0 Å². The number of anilines is 1. The average molecular weight is 380 g/mol. The molecule has 0 fully saturated rings. The fraction of sp³-hybridized carbons (Fsp3) is 0.364. The Morgan fingerprint density at radius 1 is 1.18 bits per heavy atom. The Balaban J connectivity index is 1.93. The van der Waals surface area contributed by atoms with Crippen LogP contribution < -0.4 is 10.6 Å². The molecule has 6 nitrogen and oxygen atoms in total. The number of hydrogen-bond donors (Lipinski definition) is 3. The molecule has 2 heterocycles. The van der Waals surface area contributed by atoms with Crippen molar-refractivity contribution in [3.05, 3.63) is 64.1 Å². The number of hydrogen-bond acceptors (Lipinski definition) is 4. The lowest BCUT2D eigenvalue weighted by Crippen LogP contribution is -2.28. The van der Waals surface area contributed by atoms with Gasteiger partial charge in [-0.15, -0.1) is 0 Å². The molecule has 1 aromatic carbocycles. The Morgan fingerprint density at radius 3 is 2.57 bits per heavy atom. The Bertz CT molecular complexity index is 987. The number of imidazole rings is 1. The minimum absolute atomic E-state index is 0.0623. The summed E-state index contributed by atoms with van der Waals surface area (Å²) < 4.78 is 2.04. The molecule has 3 aromatic rings. The largest absolute Gasteiger partial charge is 0.395 e. The summed E-state index contributed by atoms with van der Waals surface area (Å²) in [5.74, 6) is -0.108. The first-order chi connectivity index (χ1) is 13.4. The van der Waals surface area contributed by atoms with E-state index in [9.17, 15) is 4.79 Å². The number of aliphatic hydroxyl groups excluding tert-OH is 1. The number of aliphatic hydroxyl groups is 1. The fourth-order valence-corrected chi connectivity index (χ4v) is 3.41. The molecular formula is C22H28N4O2. The third-order valence-electron chi connectivity index (χ3n) is 5.15. The van der Waals surface area contributed by atoms with E-state index in [1.165, 1.54) is 16.7 Å². The molecule has 148 valence electrons. The van der Waals surface area contributed by atoms with Gasteiger partial charge in [0.1, 0.15) is 0 Å². The van der Waals surface area contributed by atoms with Crippen LogP contribution in [0.3, 0.4) is 0 Å². The maximum absolute atomic E-state index is 12.1. The second kappa shape index (κ2) is 8.44. The molecule has 28 heavy (non-hydrogen) atoms. The van der Waals surface area contributed by atoms with Gasteiger partial charge >= 0.3 is 0 Å². The van der Waals surface area contributed by atoms with Crippen molar-refractivity contribution in [1.29, 1.82) is 0 Å². The molecule has 0 aliphatic carbocycles. The van der Waals surface area contributed by atoms with Crippen LogP contribution in [0.2, 0.25) is 0 Å². The number of pyridine rings is 1. The normalized spacial score (nSPS) is 11.0. The van der Waals surface area contributed by atoms with Crippen molar-refractivity contribution in [2.24, 2.45) is 0 Å². The summed E-state index contributed by atoms with van der Waals surface area (Å²) in [4.78, 5) is 16.8. The van der Waals surface area contributed by atoms with Crippen molar-refractivity contribution < 1.29 is 9.90 Å². The maximum atomic E-state index is 12.1. The first kappa shape index (κ1) is 19.9. The number of amides is 1. The summed E-state index contributed by atoms with van der Waals surface area (Å²) in [5, 5.41) is 15.1. The number of benzene rings is 1. The monoisotopic (exact) mass is 380 g/mol. The molecule has 2 aromatic heterocycles. The Morgan fingerprint density at radius 2 is 1.89 bits per heavy atom. The minimum atomic E-state index is -0.108. The van der Waals surface area contributed by atoms with Crippen molar-refractivity contribution in [2.75, 3.05) is 18.5 Å². The van der Waals surface area contributed by atoms with Crippen molar-refractivity contribution in [3.8, 4) is 0 Å². The van der Waals surface area contributed by atoms with Crippen LogP contribution in [0, 0.1) is 27.7 Å². The highest BCUT2D eigenvalue weighted by atomic mass is 16.3. The van der Waals surface area contributed by atoms with Gasteiger partial charge in [-0.3, -0.25) is 4.79 Å². The van der Waals surface area contributed by atoms with E-state index in [0.29, 0.717) is 6.54 Å². The van der Waals surface area contributed by atoms with Gasteiger partial charge < -0.3 is 20.1 Å². The summed E-state index contributed by atoms with van der Waals surface area (Å²) in [6, 6.07) is 8.29. The van der Waals surface area contributed by atoms with Gasteiger partial charge in [0, 0.05) is 25.0 Å². The molecular weight excluding hydrogens is 352 g/mol. The Hall–Kier alpha value is -2.86. The number of nitrogens with zero attached hydrogens (tertiary/aromatic N) is 2. The number of aromatic nitrogens is 2. The standard InChI is InChI=1S/C22H28N4O2/c1-14-6-5-7-15(2)19(14)12-24-20-10-18(11-21(28)23-8-9-27)13-26-17(4)16(3)25-22(20)26/h5-7,10,13,24,27H,8-9,11-12H2,1-4H3,(H,23,28). The lowest BCUT2D eigenvalue weighted by Gasteiger charge is -2.14. The number of rotatable bonds is 7. The number of aryl methyl sites for hydroxylation is 4. The second-order valence-electron chi connectivity index (χ2n) is 7.21. The number of nitrogens with one attached hydrogen (secondary N) is 2. The van der Waals surface area contributed by atoms with Crippen LogP contribution in [0.25, 0.3) is 5.65 Å². The molecule has 0 saturated heterocycles. The zero-order valence-electron chi connectivity index (χ0n) is 17.0. The summed E-state index contributed by atoms with van der Waals surface area (Å²) in [5.41, 5.74) is 8.46. The second-order valence-corrected chi connectivity index (χ2v) is 7.21. The molecule has 3 N–H and O–H groups in total. The fourth-order valence-electron chi connectivity index (χ4n) is 3.41. The van der Waals surface area contributed by atoms with Gasteiger partial charge in [0.05, 0.1) is 24.4 Å². The van der Waals surface area contributed by atoms with Crippen LogP contribution in [-0.2, 0) is 17.8 Å². The number of fused-ring (bicyclic) bond motifs is 1. The van der Waals surface area contributed by atoms with Gasteiger partial charge in [-0.2, -0.15) is 0 Å². The molecule has 1 amide bonds. The quantitative estimate of drug-likeness (QED) is 0.589. The SMILES string of the molecule is Cc1cccc(C)c1CNc1cc(CC(=O)NCCO)cn2c(C)c(C)nc12. The van der Waals surface area contributed by atoms with Crippen LogP contribution in [0.5, 0.6) is 0 Å². The highest BCUT2D eigenvalue weighted by molar-refractivity contribution is 5.80. The van der Waals surface area contributed by atoms with E-state index < -0.39 is 0 Å². The van der Waals surface area contributed by atoms with Crippen LogP contribution in [0.1, 0.15) is 33.6 Å². The van der Waals surface area contributed by atoms with Crippen molar-refractivity contribution in [2.45, 2.75) is 40.7 Å². The van der Waals surface area contributed by atoms with Gasteiger partial charge in [-0.05, 0) is 56.0 Å². The van der Waals surface area contributed by atoms with E-state index in [4.69, 9.17) is 10.1 Å². The van der Waals surface area contributed by atoms with Gasteiger partial charge in [0.2, 0.25) is 5.91 Å². The first-order valence-corrected chi connectivity index (χ1v) is 9.55. The van der Waals surface area contributed by atoms with Gasteiger partial charge in [-0.25, -0.2) is 4.98 Å². The molecule has 0 bridgehead atoms. The molecule has 0 atom stereocenters. The van der Waals surface area contributed by atoms with Crippen molar-refractivity contribution >= 4 is 17.2 Å². The van der Waals surface area contributed by atoms with E-state index in [1.54, 1.807) is 0 Å². The third kappa shape index (κ3) is 4.17. The van der Waals surface area contributed by atoms with E-state index in [2.05, 4.69) is 42.7 Å². The Labute approximate surface area is 165 Å². The predicted octanol–water partition coefficient (Wildman–Crippen LogP) is 2.83. The molecule has 0 radical (unpaired) electrons. The summed E-state index contributed by atoms with van der Waals surface area (Å²) in [6.45, 7) is 9.15. The van der Waals surface area contributed by atoms with Gasteiger partial charge in [-0.1, -0.05) is 18.2 Å². The molecule has 6 heteroatoms. The van der Waals surface area contributed by atoms with E-state index in [0.717, 1.165) is 28.3 Å². The number of carbonyl (C=O) groups is 1. The molecule has 0 saturated carbocycles. The molecule has 0 aliphatic rings. The van der Waals surface area contributed by atoms with Crippen LogP contribution in [0.15, 0.2) is 30.5 Å². The smallest absolute Gasteiger partial charge is 0.224 e. The lowest BCUT2D eigenvalue weighted by atomic mass is 10.0. The molecule has 0 unspecified atom stereocenters. The van der Waals surface area contributed by atoms with Crippen molar-refractivity contribution in [1.82, 2.24) is 14.7 Å². The molecule has 0 aliphatic heterocycles. The first-order valence-electron chi connectivity index (χ1n) is 9.55. The highest BCUT2D eigenvalue weighted by Gasteiger charge is 2.13. The molecule has 0 spiro atoms. The number of carbonyl (C=O) groups excluding carboxylic acids is 1. The third-order valence-corrected chi connectivity index (χ3v) is 5.15. The van der Waals surface area contributed by atoms with Gasteiger partial charge in [0.25, 0.3) is 0 Å². The zero-order valence-corrected chi connectivity index (χ0v) is 17.0. The highest BCUT2D eigenvalue weighted by Crippen LogP contribution is 2.24. The predicted molar refractivity (Wildman–Crippen MR) is 112 cm³/mol.